The fourth-order valence-electron chi connectivity index (χ4n) is 1.15. The molecule has 0 bridgehead atoms. The normalized spacial score (nSPS) is 10.4. The van der Waals surface area contributed by atoms with Gasteiger partial charge in [-0.1, -0.05) is 18.1 Å². The SMILES string of the molecule is CCc1cc(NCc2cccs2)no1. The highest BCUT2D eigenvalue weighted by Crippen LogP contribution is 2.13. The number of rotatable bonds is 4. The van der Waals surface area contributed by atoms with Crippen LogP contribution in [0.5, 0.6) is 0 Å². The van der Waals surface area contributed by atoms with E-state index in [1.165, 1.54) is 4.88 Å². The van der Waals surface area contributed by atoms with Crippen molar-refractivity contribution in [2.45, 2.75) is 19.9 Å². The van der Waals surface area contributed by atoms with Crippen LogP contribution in [-0.2, 0) is 13.0 Å². The van der Waals surface area contributed by atoms with Crippen molar-refractivity contribution in [3.05, 3.63) is 34.2 Å². The van der Waals surface area contributed by atoms with E-state index in [0.717, 1.165) is 24.5 Å². The van der Waals surface area contributed by atoms with Gasteiger partial charge in [0.25, 0.3) is 0 Å². The van der Waals surface area contributed by atoms with Crippen LogP contribution in [0.4, 0.5) is 5.82 Å². The van der Waals surface area contributed by atoms with Gasteiger partial charge in [-0.2, -0.15) is 0 Å². The van der Waals surface area contributed by atoms with Crippen LogP contribution < -0.4 is 5.32 Å². The van der Waals surface area contributed by atoms with Crippen molar-refractivity contribution in [2.24, 2.45) is 0 Å². The largest absolute Gasteiger partial charge is 0.362 e. The minimum absolute atomic E-state index is 0.813. The predicted molar refractivity (Wildman–Crippen MR) is 57.5 cm³/mol. The van der Waals surface area contributed by atoms with E-state index in [2.05, 4.69) is 21.9 Å². The van der Waals surface area contributed by atoms with Crippen LogP contribution in [0.3, 0.4) is 0 Å². The van der Waals surface area contributed by atoms with Gasteiger partial charge in [0, 0.05) is 17.4 Å². The molecule has 0 spiro atoms. The van der Waals surface area contributed by atoms with Gasteiger partial charge < -0.3 is 9.84 Å². The van der Waals surface area contributed by atoms with Crippen molar-refractivity contribution in [2.75, 3.05) is 5.32 Å². The molecule has 3 nitrogen and oxygen atoms in total. The Hall–Kier alpha value is -1.29. The molecule has 0 saturated carbocycles. The summed E-state index contributed by atoms with van der Waals surface area (Å²) in [6.45, 7) is 2.86. The molecular weight excluding hydrogens is 196 g/mol. The zero-order valence-electron chi connectivity index (χ0n) is 7.99. The van der Waals surface area contributed by atoms with E-state index in [9.17, 15) is 0 Å². The number of hydrogen-bond acceptors (Lipinski definition) is 4. The second-order valence-corrected chi connectivity index (χ2v) is 4.00. The first-order valence-corrected chi connectivity index (χ1v) is 5.48. The minimum Gasteiger partial charge on any atom is -0.362 e. The predicted octanol–water partition coefficient (Wildman–Crippen LogP) is 2.91. The van der Waals surface area contributed by atoms with Crippen molar-refractivity contribution in [3.63, 3.8) is 0 Å². The molecule has 0 saturated heterocycles. The molecule has 0 unspecified atom stereocenters. The van der Waals surface area contributed by atoms with Crippen molar-refractivity contribution in [1.82, 2.24) is 5.16 Å². The molecule has 2 heterocycles. The van der Waals surface area contributed by atoms with Gasteiger partial charge in [-0.3, -0.25) is 0 Å². The molecule has 0 aliphatic heterocycles. The standard InChI is InChI=1S/C10H12N2OS/c1-2-8-6-10(12-13-8)11-7-9-4-3-5-14-9/h3-6H,2,7H2,1H3,(H,11,12). The molecule has 0 radical (unpaired) electrons. The molecule has 0 fully saturated rings. The lowest BCUT2D eigenvalue weighted by atomic mass is 10.3. The highest BCUT2D eigenvalue weighted by molar-refractivity contribution is 7.09. The second-order valence-electron chi connectivity index (χ2n) is 2.96. The fraction of sp³-hybridized carbons (Fsp3) is 0.300. The average Bonchev–Trinajstić information content (AvgIpc) is 2.86. The second kappa shape index (κ2) is 4.28. The monoisotopic (exact) mass is 208 g/mol. The summed E-state index contributed by atoms with van der Waals surface area (Å²) < 4.78 is 5.07. The number of hydrogen-bond donors (Lipinski definition) is 1. The van der Waals surface area contributed by atoms with Crippen LogP contribution in [0.25, 0.3) is 0 Å². The minimum atomic E-state index is 0.813. The highest BCUT2D eigenvalue weighted by Gasteiger charge is 2.01. The Morgan fingerprint density at radius 1 is 1.57 bits per heavy atom. The lowest BCUT2D eigenvalue weighted by Crippen LogP contribution is -1.96. The number of nitrogens with zero attached hydrogens (tertiary/aromatic N) is 1. The van der Waals surface area contributed by atoms with Crippen molar-refractivity contribution in [1.29, 1.82) is 0 Å². The van der Waals surface area contributed by atoms with Crippen LogP contribution in [0.15, 0.2) is 28.1 Å². The summed E-state index contributed by atoms with van der Waals surface area (Å²) in [4.78, 5) is 1.30. The van der Waals surface area contributed by atoms with Crippen molar-refractivity contribution < 1.29 is 4.52 Å². The Morgan fingerprint density at radius 2 is 2.50 bits per heavy atom. The Bertz CT molecular complexity index is 380. The summed E-state index contributed by atoms with van der Waals surface area (Å²) >= 11 is 1.73. The maximum Gasteiger partial charge on any atom is 0.169 e. The Balaban J connectivity index is 1.92. The molecule has 2 aromatic rings. The Kier molecular flexibility index (Phi) is 2.84. The van der Waals surface area contributed by atoms with Gasteiger partial charge >= 0.3 is 0 Å². The molecule has 0 amide bonds. The summed E-state index contributed by atoms with van der Waals surface area (Å²) in [5.74, 6) is 1.73. The van der Waals surface area contributed by atoms with E-state index in [0.29, 0.717) is 0 Å². The van der Waals surface area contributed by atoms with Gasteiger partial charge in [-0.05, 0) is 11.4 Å². The molecule has 4 heteroatoms. The van der Waals surface area contributed by atoms with Crippen LogP contribution in [-0.4, -0.2) is 5.16 Å². The first-order chi connectivity index (χ1) is 6.88. The fourth-order valence-corrected chi connectivity index (χ4v) is 1.80. The number of aromatic nitrogens is 1. The van der Waals surface area contributed by atoms with Gasteiger partial charge in [-0.15, -0.1) is 11.3 Å². The molecule has 74 valence electrons. The van der Waals surface area contributed by atoms with E-state index >= 15 is 0 Å². The average molecular weight is 208 g/mol. The molecule has 2 aromatic heterocycles. The van der Waals surface area contributed by atoms with Crippen LogP contribution in [0.2, 0.25) is 0 Å². The van der Waals surface area contributed by atoms with Gasteiger partial charge in [0.2, 0.25) is 0 Å². The number of nitrogens with one attached hydrogen (secondary N) is 1. The molecule has 0 aromatic carbocycles. The molecule has 0 atom stereocenters. The quantitative estimate of drug-likeness (QED) is 0.839. The Labute approximate surface area is 86.7 Å². The van der Waals surface area contributed by atoms with E-state index in [4.69, 9.17) is 4.52 Å². The molecule has 1 N–H and O–H groups in total. The number of thiophene rings is 1. The first-order valence-electron chi connectivity index (χ1n) is 4.60. The third-order valence-corrected chi connectivity index (χ3v) is 2.81. The molecule has 0 aliphatic carbocycles. The van der Waals surface area contributed by atoms with E-state index in [1.54, 1.807) is 11.3 Å². The third-order valence-electron chi connectivity index (χ3n) is 1.93. The summed E-state index contributed by atoms with van der Waals surface area (Å²) in [6.07, 6.45) is 0.883. The highest BCUT2D eigenvalue weighted by atomic mass is 32.1. The lowest BCUT2D eigenvalue weighted by molar-refractivity contribution is 0.389. The molecule has 0 aliphatic rings. The molecular formula is C10H12N2OS. The van der Waals surface area contributed by atoms with Gasteiger partial charge in [0.1, 0.15) is 5.76 Å². The van der Waals surface area contributed by atoms with Crippen molar-refractivity contribution in [3.8, 4) is 0 Å². The van der Waals surface area contributed by atoms with Crippen LogP contribution in [0, 0.1) is 0 Å². The lowest BCUT2D eigenvalue weighted by Gasteiger charge is -1.97. The first kappa shape index (κ1) is 9.27. The van der Waals surface area contributed by atoms with Crippen LogP contribution in [0.1, 0.15) is 17.6 Å². The van der Waals surface area contributed by atoms with Gasteiger partial charge in [0.15, 0.2) is 5.82 Å². The van der Waals surface area contributed by atoms with Crippen molar-refractivity contribution >= 4 is 17.2 Å². The van der Waals surface area contributed by atoms with Gasteiger partial charge in [-0.25, -0.2) is 0 Å². The van der Waals surface area contributed by atoms with E-state index in [1.807, 2.05) is 19.1 Å². The summed E-state index contributed by atoms with van der Waals surface area (Å²) in [5.41, 5.74) is 0. The topological polar surface area (TPSA) is 38.1 Å². The van der Waals surface area contributed by atoms with Crippen LogP contribution >= 0.6 is 11.3 Å². The third kappa shape index (κ3) is 2.14. The summed E-state index contributed by atoms with van der Waals surface area (Å²) in [5, 5.41) is 9.18. The molecule has 14 heavy (non-hydrogen) atoms. The number of aryl methyl sites for hydroxylation is 1. The van der Waals surface area contributed by atoms with E-state index < -0.39 is 0 Å². The maximum absolute atomic E-state index is 5.07. The van der Waals surface area contributed by atoms with E-state index in [-0.39, 0.29) is 0 Å². The Morgan fingerprint density at radius 3 is 3.14 bits per heavy atom. The zero-order valence-corrected chi connectivity index (χ0v) is 8.80. The summed E-state index contributed by atoms with van der Waals surface area (Å²) in [7, 11) is 0. The maximum atomic E-state index is 5.07. The zero-order chi connectivity index (χ0) is 9.80. The number of anilines is 1. The smallest absolute Gasteiger partial charge is 0.169 e. The van der Waals surface area contributed by atoms with Gasteiger partial charge in [0.05, 0.1) is 6.54 Å². The summed E-state index contributed by atoms with van der Waals surface area (Å²) in [6, 6.07) is 6.08. The molecule has 2 rings (SSSR count).